The van der Waals surface area contributed by atoms with Gasteiger partial charge < -0.3 is 15.6 Å². The summed E-state index contributed by atoms with van der Waals surface area (Å²) >= 11 is 0. The van der Waals surface area contributed by atoms with Gasteiger partial charge >= 0.3 is 0 Å². The topological polar surface area (TPSA) is 55.5 Å². The minimum Gasteiger partial charge on any atom is -0.457 e. The average Bonchev–Trinajstić information content (AvgIpc) is 2.54. The Bertz CT molecular complexity index is 612. The Hall–Kier alpha value is -1.84. The van der Waals surface area contributed by atoms with Crippen LogP contribution in [0.15, 0.2) is 48.5 Å². The first kappa shape index (κ1) is 17.5. The summed E-state index contributed by atoms with van der Waals surface area (Å²) in [6.07, 6.45) is 1.00. The zero-order chi connectivity index (χ0) is 16.8. The molecule has 23 heavy (non-hydrogen) atoms. The molecule has 3 atom stereocenters. The third-order valence-corrected chi connectivity index (χ3v) is 4.31. The highest BCUT2D eigenvalue weighted by atomic mass is 16.5. The average molecular weight is 313 g/mol. The van der Waals surface area contributed by atoms with Gasteiger partial charge in [-0.1, -0.05) is 38.1 Å². The molecule has 0 radical (unpaired) electrons. The molecule has 124 valence electrons. The molecule has 3 unspecified atom stereocenters. The number of hydrogen-bond acceptors (Lipinski definition) is 3. The summed E-state index contributed by atoms with van der Waals surface area (Å²) in [4.78, 5) is 0. The van der Waals surface area contributed by atoms with E-state index in [9.17, 15) is 5.11 Å². The molecule has 2 aromatic carbocycles. The van der Waals surface area contributed by atoms with Gasteiger partial charge in [-0.25, -0.2) is 0 Å². The number of aryl methyl sites for hydroxylation is 1. The lowest BCUT2D eigenvalue weighted by Gasteiger charge is -2.22. The fourth-order valence-corrected chi connectivity index (χ4v) is 2.83. The molecule has 0 saturated carbocycles. The van der Waals surface area contributed by atoms with E-state index in [1.54, 1.807) is 0 Å². The number of hydrogen-bond donors (Lipinski definition) is 2. The van der Waals surface area contributed by atoms with E-state index < -0.39 is 6.10 Å². The van der Waals surface area contributed by atoms with Crippen LogP contribution in [0.25, 0.3) is 0 Å². The van der Waals surface area contributed by atoms with Crippen LogP contribution in [-0.4, -0.2) is 17.3 Å². The third kappa shape index (κ3) is 4.81. The molecule has 0 saturated heterocycles. The number of nitrogens with two attached hydrogens (primary N) is 1. The second kappa shape index (κ2) is 8.14. The zero-order valence-corrected chi connectivity index (χ0v) is 14.2. The summed E-state index contributed by atoms with van der Waals surface area (Å²) in [7, 11) is 0. The molecule has 0 spiro atoms. The maximum atomic E-state index is 10.1. The first-order valence-corrected chi connectivity index (χ1v) is 8.28. The van der Waals surface area contributed by atoms with Gasteiger partial charge in [0.05, 0.1) is 6.10 Å². The Morgan fingerprint density at radius 2 is 1.78 bits per heavy atom. The van der Waals surface area contributed by atoms with Crippen LogP contribution in [0.2, 0.25) is 0 Å². The number of aliphatic hydroxyl groups excluding tert-OH is 1. The van der Waals surface area contributed by atoms with Crippen LogP contribution < -0.4 is 10.5 Å². The first-order valence-electron chi connectivity index (χ1n) is 8.28. The van der Waals surface area contributed by atoms with Crippen LogP contribution in [0.4, 0.5) is 0 Å². The van der Waals surface area contributed by atoms with Gasteiger partial charge in [-0.2, -0.15) is 0 Å². The molecule has 0 aliphatic carbocycles. The maximum absolute atomic E-state index is 10.1. The molecule has 0 aromatic heterocycles. The summed E-state index contributed by atoms with van der Waals surface area (Å²) in [5.41, 5.74) is 8.32. The molecule has 0 heterocycles. The number of aliphatic hydroxyl groups is 1. The molecule has 0 aliphatic rings. The van der Waals surface area contributed by atoms with Gasteiger partial charge in [-0.05, 0) is 61.1 Å². The summed E-state index contributed by atoms with van der Waals surface area (Å²) in [6.45, 7) is 6.21. The minimum absolute atomic E-state index is 0.154. The van der Waals surface area contributed by atoms with Crippen LogP contribution in [0, 0.1) is 6.92 Å². The SMILES string of the molecule is CCC(N)C(O)CC(C)c1ccc(Oc2ccccc2)cc1C. The van der Waals surface area contributed by atoms with E-state index in [-0.39, 0.29) is 12.0 Å². The van der Waals surface area contributed by atoms with E-state index in [2.05, 4.69) is 19.9 Å². The summed E-state index contributed by atoms with van der Waals surface area (Å²) in [5, 5.41) is 10.1. The van der Waals surface area contributed by atoms with Crippen LogP contribution in [0.3, 0.4) is 0 Å². The minimum atomic E-state index is -0.463. The van der Waals surface area contributed by atoms with Crippen LogP contribution >= 0.6 is 0 Å². The van der Waals surface area contributed by atoms with E-state index in [4.69, 9.17) is 10.5 Å². The Morgan fingerprint density at radius 3 is 2.39 bits per heavy atom. The van der Waals surface area contributed by atoms with Gasteiger partial charge in [-0.15, -0.1) is 0 Å². The maximum Gasteiger partial charge on any atom is 0.127 e. The summed E-state index contributed by atoms with van der Waals surface area (Å²) in [6, 6.07) is 15.7. The highest BCUT2D eigenvalue weighted by Gasteiger charge is 2.18. The smallest absolute Gasteiger partial charge is 0.127 e. The van der Waals surface area contributed by atoms with Crippen LogP contribution in [-0.2, 0) is 0 Å². The van der Waals surface area contributed by atoms with Gasteiger partial charge in [0, 0.05) is 6.04 Å². The Morgan fingerprint density at radius 1 is 1.09 bits per heavy atom. The Labute approximate surface area is 139 Å². The van der Waals surface area contributed by atoms with Crippen molar-refractivity contribution in [1.29, 1.82) is 0 Å². The lowest BCUT2D eigenvalue weighted by Crippen LogP contribution is -2.34. The molecular formula is C20H27NO2. The standard InChI is InChI=1S/C20H27NO2/c1-4-19(21)20(22)13-15(3)18-11-10-17(12-14(18)2)23-16-8-6-5-7-9-16/h5-12,15,19-20,22H,4,13,21H2,1-3H3. The largest absolute Gasteiger partial charge is 0.457 e. The van der Waals surface area contributed by atoms with E-state index >= 15 is 0 Å². The molecule has 3 N–H and O–H groups in total. The van der Waals surface area contributed by atoms with Crippen LogP contribution in [0.5, 0.6) is 11.5 Å². The van der Waals surface area contributed by atoms with Crippen molar-refractivity contribution >= 4 is 0 Å². The first-order chi connectivity index (χ1) is 11.0. The highest BCUT2D eigenvalue weighted by Crippen LogP contribution is 2.29. The molecule has 0 aliphatic heterocycles. The van der Waals surface area contributed by atoms with Gasteiger partial charge in [-0.3, -0.25) is 0 Å². The monoisotopic (exact) mass is 313 g/mol. The third-order valence-electron chi connectivity index (χ3n) is 4.31. The predicted molar refractivity (Wildman–Crippen MR) is 95.0 cm³/mol. The fourth-order valence-electron chi connectivity index (χ4n) is 2.83. The quantitative estimate of drug-likeness (QED) is 0.797. The van der Waals surface area contributed by atoms with Gasteiger partial charge in [0.25, 0.3) is 0 Å². The van der Waals surface area contributed by atoms with Crippen molar-refractivity contribution < 1.29 is 9.84 Å². The zero-order valence-electron chi connectivity index (χ0n) is 14.2. The molecule has 0 amide bonds. The van der Waals surface area contributed by atoms with E-state index in [0.29, 0.717) is 6.42 Å². The molecule has 2 aromatic rings. The van der Waals surface area contributed by atoms with Crippen molar-refractivity contribution in [3.8, 4) is 11.5 Å². The fraction of sp³-hybridized carbons (Fsp3) is 0.400. The van der Waals surface area contributed by atoms with Gasteiger partial charge in [0.2, 0.25) is 0 Å². The molecule has 3 heteroatoms. The van der Waals surface area contributed by atoms with Crippen molar-refractivity contribution in [3.05, 3.63) is 59.7 Å². The molecule has 3 nitrogen and oxygen atoms in total. The lowest BCUT2D eigenvalue weighted by molar-refractivity contribution is 0.126. The van der Waals surface area contributed by atoms with Crippen molar-refractivity contribution in [2.24, 2.45) is 5.73 Å². The van der Waals surface area contributed by atoms with Gasteiger partial charge in [0.15, 0.2) is 0 Å². The van der Waals surface area contributed by atoms with Crippen molar-refractivity contribution in [2.45, 2.75) is 51.7 Å². The second-order valence-corrected chi connectivity index (χ2v) is 6.21. The van der Waals surface area contributed by atoms with Crippen molar-refractivity contribution in [1.82, 2.24) is 0 Å². The molecule has 0 bridgehead atoms. The second-order valence-electron chi connectivity index (χ2n) is 6.21. The number of ether oxygens (including phenoxy) is 1. The Balaban J connectivity index is 2.06. The Kier molecular flexibility index (Phi) is 6.20. The molecule has 2 rings (SSSR count). The summed E-state index contributed by atoms with van der Waals surface area (Å²) < 4.78 is 5.86. The number of benzene rings is 2. The van der Waals surface area contributed by atoms with E-state index in [1.165, 1.54) is 11.1 Å². The lowest BCUT2D eigenvalue weighted by atomic mass is 9.89. The number of rotatable bonds is 7. The molecule has 0 fully saturated rings. The number of para-hydroxylation sites is 1. The van der Waals surface area contributed by atoms with E-state index in [0.717, 1.165) is 17.9 Å². The van der Waals surface area contributed by atoms with Crippen molar-refractivity contribution in [2.75, 3.05) is 0 Å². The molecular weight excluding hydrogens is 286 g/mol. The normalized spacial score (nSPS) is 15.0. The highest BCUT2D eigenvalue weighted by molar-refractivity contribution is 5.39. The van der Waals surface area contributed by atoms with E-state index in [1.807, 2.05) is 49.4 Å². The van der Waals surface area contributed by atoms with Gasteiger partial charge in [0.1, 0.15) is 11.5 Å². The van der Waals surface area contributed by atoms with Crippen molar-refractivity contribution in [3.63, 3.8) is 0 Å². The van der Waals surface area contributed by atoms with Crippen LogP contribution in [0.1, 0.15) is 43.7 Å². The summed E-state index contributed by atoms with van der Waals surface area (Å²) in [5.74, 6) is 1.92. The predicted octanol–water partition coefficient (Wildman–Crippen LogP) is 4.38.